The number of aliphatic hydroxyl groups excluding tert-OH is 1. The maximum Gasteiger partial charge on any atom is 0.224 e. The van der Waals surface area contributed by atoms with E-state index in [0.29, 0.717) is 19.5 Å². The van der Waals surface area contributed by atoms with Crippen molar-refractivity contribution in [2.45, 2.75) is 51.0 Å². The van der Waals surface area contributed by atoms with E-state index >= 15 is 0 Å². The van der Waals surface area contributed by atoms with Crippen LogP contribution in [0.15, 0.2) is 0 Å². The van der Waals surface area contributed by atoms with Gasteiger partial charge in [-0.15, -0.1) is 0 Å². The van der Waals surface area contributed by atoms with Gasteiger partial charge in [0, 0.05) is 25.0 Å². The van der Waals surface area contributed by atoms with Crippen LogP contribution < -0.4 is 5.73 Å². The lowest BCUT2D eigenvalue weighted by Crippen LogP contribution is -2.47. The average molecular weight is 228 g/mol. The summed E-state index contributed by atoms with van der Waals surface area (Å²) in [4.78, 5) is 13.7. The number of amides is 1. The first-order valence-electron chi connectivity index (χ1n) is 6.29. The summed E-state index contributed by atoms with van der Waals surface area (Å²) in [5.41, 5.74) is 5.95. The molecule has 0 saturated heterocycles. The molecule has 1 aliphatic carbocycles. The van der Waals surface area contributed by atoms with Crippen molar-refractivity contribution in [2.24, 2.45) is 5.73 Å². The van der Waals surface area contributed by atoms with Gasteiger partial charge in [0.2, 0.25) is 5.91 Å². The summed E-state index contributed by atoms with van der Waals surface area (Å²) in [6, 6.07) is 0. The topological polar surface area (TPSA) is 66.6 Å². The molecule has 1 amide bonds. The van der Waals surface area contributed by atoms with Gasteiger partial charge in [-0.3, -0.25) is 4.79 Å². The van der Waals surface area contributed by atoms with Crippen LogP contribution in [0.2, 0.25) is 0 Å². The monoisotopic (exact) mass is 228 g/mol. The number of aliphatic hydroxyl groups is 1. The highest BCUT2D eigenvalue weighted by Crippen LogP contribution is 2.29. The van der Waals surface area contributed by atoms with Crippen molar-refractivity contribution in [3.8, 4) is 0 Å². The summed E-state index contributed by atoms with van der Waals surface area (Å²) in [6.45, 7) is 3.02. The Morgan fingerprint density at radius 3 is 2.50 bits per heavy atom. The van der Waals surface area contributed by atoms with Crippen LogP contribution in [-0.2, 0) is 4.79 Å². The molecule has 4 nitrogen and oxygen atoms in total. The van der Waals surface area contributed by atoms with Crippen LogP contribution in [-0.4, -0.2) is 41.1 Å². The lowest BCUT2D eigenvalue weighted by molar-refractivity contribution is -0.133. The van der Waals surface area contributed by atoms with Gasteiger partial charge in [0.05, 0.1) is 6.61 Å². The van der Waals surface area contributed by atoms with E-state index in [-0.39, 0.29) is 18.1 Å². The second-order valence-corrected chi connectivity index (χ2v) is 4.80. The van der Waals surface area contributed by atoms with Gasteiger partial charge in [-0.25, -0.2) is 0 Å². The molecule has 1 fully saturated rings. The minimum absolute atomic E-state index is 0.0250. The van der Waals surface area contributed by atoms with Gasteiger partial charge in [-0.2, -0.15) is 0 Å². The molecule has 0 unspecified atom stereocenters. The summed E-state index contributed by atoms with van der Waals surface area (Å²) in [6.07, 6.45) is 5.85. The van der Waals surface area contributed by atoms with E-state index in [1.165, 1.54) is 6.42 Å². The summed E-state index contributed by atoms with van der Waals surface area (Å²) in [5, 5.41) is 8.86. The first-order chi connectivity index (χ1) is 7.61. The molecule has 0 heterocycles. The van der Waals surface area contributed by atoms with Crippen LogP contribution >= 0.6 is 0 Å². The third-order valence-corrected chi connectivity index (χ3v) is 3.46. The quantitative estimate of drug-likeness (QED) is 0.734. The van der Waals surface area contributed by atoms with E-state index in [1.807, 2.05) is 6.92 Å². The molecule has 0 aromatic carbocycles. The Balaban J connectivity index is 2.47. The van der Waals surface area contributed by atoms with Gasteiger partial charge in [-0.1, -0.05) is 19.3 Å². The lowest BCUT2D eigenvalue weighted by atomic mass is 9.80. The number of carbonyl (C=O) groups is 1. The number of carbonyl (C=O) groups excluding carboxylic acids is 1. The van der Waals surface area contributed by atoms with Crippen molar-refractivity contribution in [1.82, 2.24) is 4.90 Å². The smallest absolute Gasteiger partial charge is 0.224 e. The van der Waals surface area contributed by atoms with Gasteiger partial charge in [0.1, 0.15) is 0 Å². The molecule has 0 aromatic rings. The van der Waals surface area contributed by atoms with Crippen molar-refractivity contribution in [2.75, 3.05) is 19.7 Å². The average Bonchev–Trinajstić information content (AvgIpc) is 2.26. The first kappa shape index (κ1) is 13.5. The summed E-state index contributed by atoms with van der Waals surface area (Å²) in [5.74, 6) is 0.0842. The highest BCUT2D eigenvalue weighted by atomic mass is 16.3. The van der Waals surface area contributed by atoms with Crippen molar-refractivity contribution in [3.05, 3.63) is 0 Å². The number of nitrogens with two attached hydrogens (primary N) is 1. The number of nitrogens with zero attached hydrogens (tertiary/aromatic N) is 1. The zero-order valence-electron chi connectivity index (χ0n) is 10.2. The minimum atomic E-state index is -0.293. The first-order valence-corrected chi connectivity index (χ1v) is 6.29. The summed E-state index contributed by atoms with van der Waals surface area (Å²) >= 11 is 0. The van der Waals surface area contributed by atoms with Crippen LogP contribution in [0.3, 0.4) is 0 Å². The van der Waals surface area contributed by atoms with Gasteiger partial charge >= 0.3 is 0 Å². The molecular formula is C12H24N2O2. The molecule has 0 aliphatic heterocycles. The van der Waals surface area contributed by atoms with E-state index < -0.39 is 0 Å². The SMILES string of the molecule is CCN(CCO)C(=O)CC1(N)CCCCC1. The van der Waals surface area contributed by atoms with E-state index in [9.17, 15) is 4.79 Å². The van der Waals surface area contributed by atoms with Gasteiger partial charge in [-0.05, 0) is 19.8 Å². The molecule has 94 valence electrons. The maximum atomic E-state index is 12.0. The fourth-order valence-corrected chi connectivity index (χ4v) is 2.43. The molecule has 4 heteroatoms. The van der Waals surface area contributed by atoms with Crippen LogP contribution in [0.5, 0.6) is 0 Å². The van der Waals surface area contributed by atoms with Crippen LogP contribution in [0.1, 0.15) is 45.4 Å². The molecule has 3 N–H and O–H groups in total. The Morgan fingerprint density at radius 2 is 2.00 bits per heavy atom. The highest BCUT2D eigenvalue weighted by molar-refractivity contribution is 5.77. The predicted octanol–water partition coefficient (Wildman–Crippen LogP) is 0.879. The Labute approximate surface area is 97.8 Å². The number of hydrogen-bond donors (Lipinski definition) is 2. The molecule has 0 atom stereocenters. The fraction of sp³-hybridized carbons (Fsp3) is 0.917. The normalized spacial score (nSPS) is 19.4. The molecule has 0 spiro atoms. The lowest BCUT2D eigenvalue weighted by Gasteiger charge is -2.34. The minimum Gasteiger partial charge on any atom is -0.395 e. The maximum absolute atomic E-state index is 12.0. The van der Waals surface area contributed by atoms with Gasteiger partial charge < -0.3 is 15.7 Å². The molecule has 0 bridgehead atoms. The molecule has 16 heavy (non-hydrogen) atoms. The zero-order valence-corrected chi connectivity index (χ0v) is 10.2. The van der Waals surface area contributed by atoms with Crippen molar-refractivity contribution >= 4 is 5.91 Å². The van der Waals surface area contributed by atoms with Crippen molar-refractivity contribution in [1.29, 1.82) is 0 Å². The van der Waals surface area contributed by atoms with Crippen molar-refractivity contribution in [3.63, 3.8) is 0 Å². The number of rotatable bonds is 5. The van der Waals surface area contributed by atoms with Crippen LogP contribution in [0.25, 0.3) is 0 Å². The van der Waals surface area contributed by atoms with Gasteiger partial charge in [0.15, 0.2) is 0 Å². The molecule has 0 radical (unpaired) electrons. The van der Waals surface area contributed by atoms with E-state index in [1.54, 1.807) is 4.90 Å². The Bertz CT molecular complexity index is 225. The molecule has 0 aromatic heterocycles. The second kappa shape index (κ2) is 6.21. The standard InChI is InChI=1S/C12H24N2O2/c1-2-14(8-9-15)11(16)10-12(13)6-4-3-5-7-12/h15H,2-10,13H2,1H3. The van der Waals surface area contributed by atoms with Crippen LogP contribution in [0.4, 0.5) is 0 Å². The van der Waals surface area contributed by atoms with E-state index in [4.69, 9.17) is 10.8 Å². The van der Waals surface area contributed by atoms with Crippen molar-refractivity contribution < 1.29 is 9.90 Å². The largest absolute Gasteiger partial charge is 0.395 e. The van der Waals surface area contributed by atoms with Gasteiger partial charge in [0.25, 0.3) is 0 Å². The second-order valence-electron chi connectivity index (χ2n) is 4.80. The Hall–Kier alpha value is -0.610. The fourth-order valence-electron chi connectivity index (χ4n) is 2.43. The predicted molar refractivity (Wildman–Crippen MR) is 64.0 cm³/mol. The highest BCUT2D eigenvalue weighted by Gasteiger charge is 2.31. The summed E-state index contributed by atoms with van der Waals surface area (Å²) < 4.78 is 0. The van der Waals surface area contributed by atoms with E-state index in [2.05, 4.69) is 0 Å². The third kappa shape index (κ3) is 3.76. The Morgan fingerprint density at radius 1 is 1.38 bits per heavy atom. The zero-order chi connectivity index (χ0) is 12.0. The Kier molecular flexibility index (Phi) is 5.22. The molecule has 1 saturated carbocycles. The third-order valence-electron chi connectivity index (χ3n) is 3.46. The number of likely N-dealkylation sites (N-methyl/N-ethyl adjacent to an activating group) is 1. The summed E-state index contributed by atoms with van der Waals surface area (Å²) in [7, 11) is 0. The van der Waals surface area contributed by atoms with Crippen LogP contribution in [0, 0.1) is 0 Å². The molecule has 1 aliphatic rings. The number of hydrogen-bond acceptors (Lipinski definition) is 3. The molecular weight excluding hydrogens is 204 g/mol. The molecule has 1 rings (SSSR count). The van der Waals surface area contributed by atoms with E-state index in [0.717, 1.165) is 25.7 Å².